The fourth-order valence-corrected chi connectivity index (χ4v) is 0.840. The molecule has 0 amide bonds. The van der Waals surface area contributed by atoms with Crippen LogP contribution in [0.4, 0.5) is 0 Å². The van der Waals surface area contributed by atoms with Gasteiger partial charge in [-0.1, -0.05) is 0 Å². The molecule has 1 aliphatic rings. The molecule has 0 fully saturated rings. The van der Waals surface area contributed by atoms with Gasteiger partial charge in [0.1, 0.15) is 0 Å². The molecule has 1 N–H and O–H groups in total. The van der Waals surface area contributed by atoms with E-state index in [9.17, 15) is 13.8 Å². The van der Waals surface area contributed by atoms with Crippen LogP contribution in [0.1, 0.15) is 0 Å². The van der Waals surface area contributed by atoms with E-state index in [1.54, 1.807) is 0 Å². The quantitative estimate of drug-likeness (QED) is 0.309. The van der Waals surface area contributed by atoms with Crippen molar-refractivity contribution in [2.24, 2.45) is 0 Å². The highest BCUT2D eigenvalue weighted by atomic mass is 32.2. The number of hydrogen-bond donors (Lipinski definition) is 1. The minimum Gasteiger partial charge on any atom is -0.386 e. The second-order valence-electron chi connectivity index (χ2n) is 1.47. The fraction of sp³-hybridized carbons (Fsp3) is 0. The Kier molecular flexibility index (Phi) is 1.64. The van der Waals surface area contributed by atoms with Crippen LogP contribution in [0, 0.1) is 0 Å². The Balaban J connectivity index is 2.96. The topological polar surface area (TPSA) is 80.7 Å². The molecule has 1 atom stereocenters. The van der Waals surface area contributed by atoms with Crippen LogP contribution < -0.4 is 0 Å². The van der Waals surface area contributed by atoms with Crippen LogP contribution in [0.15, 0.2) is 11.0 Å². The first-order valence-corrected chi connectivity index (χ1v) is 3.30. The van der Waals surface area contributed by atoms with Crippen molar-refractivity contribution in [1.82, 2.24) is 0 Å². The summed E-state index contributed by atoms with van der Waals surface area (Å²) in [7, 11) is 0. The Morgan fingerprint density at radius 3 is 2.30 bits per heavy atom. The maximum absolute atomic E-state index is 10.4. The molecule has 0 saturated carbocycles. The van der Waals surface area contributed by atoms with Crippen LogP contribution >= 0.6 is 0 Å². The predicted octanol–water partition coefficient (Wildman–Crippen LogP) is -0.825. The average molecular weight is 162 g/mol. The first-order chi connectivity index (χ1) is 4.61. The van der Waals surface area contributed by atoms with Gasteiger partial charge in [0.05, 0.1) is 0 Å². The largest absolute Gasteiger partial charge is 0.386 e. The van der Waals surface area contributed by atoms with Gasteiger partial charge in [0.25, 0.3) is 0 Å². The van der Waals surface area contributed by atoms with Crippen molar-refractivity contribution in [2.75, 3.05) is 0 Å². The van der Waals surface area contributed by atoms with Crippen molar-refractivity contribution >= 4 is 23.0 Å². The zero-order valence-electron chi connectivity index (χ0n) is 4.57. The van der Waals surface area contributed by atoms with Gasteiger partial charge in [-0.2, -0.15) is 0 Å². The molecule has 1 rings (SSSR count). The lowest BCUT2D eigenvalue weighted by Crippen LogP contribution is -2.04. The minimum atomic E-state index is -2.43. The van der Waals surface area contributed by atoms with Crippen molar-refractivity contribution in [3.8, 4) is 0 Å². The smallest absolute Gasteiger partial charge is 0.357 e. The van der Waals surface area contributed by atoms with Crippen LogP contribution in [-0.4, -0.2) is 20.7 Å². The summed E-state index contributed by atoms with van der Waals surface area (Å²) in [6.45, 7) is 0. The summed E-state index contributed by atoms with van der Waals surface area (Å²) < 4.78 is 22.4. The van der Waals surface area contributed by atoms with Crippen LogP contribution in [0.3, 0.4) is 0 Å². The maximum Gasteiger partial charge on any atom is 0.357 e. The molecule has 0 radical (unpaired) electrons. The molecule has 0 saturated heterocycles. The molecule has 0 aromatic rings. The lowest BCUT2D eigenvalue weighted by atomic mass is 10.6. The lowest BCUT2D eigenvalue weighted by Gasteiger charge is -1.87. The second-order valence-corrected chi connectivity index (χ2v) is 2.40. The summed E-state index contributed by atoms with van der Waals surface area (Å²) >= 11 is -2.43. The number of hydrogen-bond acceptors (Lipinski definition) is 4. The monoisotopic (exact) mass is 162 g/mol. The van der Waals surface area contributed by atoms with E-state index in [1.807, 2.05) is 0 Å². The molecule has 0 aromatic heterocycles. The van der Waals surface area contributed by atoms with Gasteiger partial charge >= 0.3 is 11.9 Å². The predicted molar refractivity (Wildman–Crippen MR) is 30.0 cm³/mol. The van der Waals surface area contributed by atoms with Gasteiger partial charge in [0, 0.05) is 6.08 Å². The molecular formula is C4H2O5S. The molecule has 54 valence electrons. The van der Waals surface area contributed by atoms with E-state index < -0.39 is 27.9 Å². The average Bonchev–Trinajstić information content (AvgIpc) is 2.10. The zero-order valence-corrected chi connectivity index (χ0v) is 5.38. The molecule has 0 aliphatic carbocycles. The molecule has 0 aromatic carbocycles. The molecule has 0 spiro atoms. The maximum atomic E-state index is 10.4. The normalized spacial score (nSPS) is 20.3. The Hall–Kier alpha value is -1.01. The van der Waals surface area contributed by atoms with Gasteiger partial charge < -0.3 is 9.29 Å². The Bertz CT molecular complexity index is 252. The van der Waals surface area contributed by atoms with E-state index >= 15 is 0 Å². The molecule has 1 heterocycles. The van der Waals surface area contributed by atoms with E-state index in [1.165, 1.54) is 0 Å². The zero-order chi connectivity index (χ0) is 7.72. The highest BCUT2D eigenvalue weighted by molar-refractivity contribution is 7.84. The number of carbonyl (C=O) groups is 2. The third-order valence-corrected chi connectivity index (χ3v) is 1.49. The minimum absolute atomic E-state index is 0.509. The highest BCUT2D eigenvalue weighted by Crippen LogP contribution is 2.09. The molecule has 0 bridgehead atoms. The standard InChI is InChI=1S/C4H2O5S/c5-3-1-2(10(7)8)4(6)9-3/h1H,(H,7,8). The molecule has 6 heteroatoms. The van der Waals surface area contributed by atoms with Crippen LogP contribution in [0.25, 0.3) is 0 Å². The van der Waals surface area contributed by atoms with E-state index in [0.717, 1.165) is 0 Å². The van der Waals surface area contributed by atoms with Crippen molar-refractivity contribution in [2.45, 2.75) is 0 Å². The van der Waals surface area contributed by atoms with Crippen LogP contribution in [0.5, 0.6) is 0 Å². The highest BCUT2D eigenvalue weighted by Gasteiger charge is 2.27. The van der Waals surface area contributed by atoms with E-state index in [2.05, 4.69) is 4.74 Å². The lowest BCUT2D eigenvalue weighted by molar-refractivity contribution is -0.150. The Morgan fingerprint density at radius 1 is 1.50 bits per heavy atom. The SMILES string of the molecule is O=C1C=C(S(=O)O)C(=O)O1. The van der Waals surface area contributed by atoms with Crippen LogP contribution in [-0.2, 0) is 25.4 Å². The number of carbonyl (C=O) groups excluding carboxylic acids is 2. The number of esters is 2. The van der Waals surface area contributed by atoms with Gasteiger partial charge in [0.15, 0.2) is 16.0 Å². The summed E-state index contributed by atoms with van der Waals surface area (Å²) in [5, 5.41) is 0. The van der Waals surface area contributed by atoms with Gasteiger partial charge in [-0.3, -0.25) is 0 Å². The van der Waals surface area contributed by atoms with Crippen LogP contribution in [0.2, 0.25) is 0 Å². The van der Waals surface area contributed by atoms with Crippen molar-refractivity contribution < 1.29 is 23.1 Å². The summed E-state index contributed by atoms with van der Waals surface area (Å²) in [6, 6.07) is 0. The fourth-order valence-electron chi connectivity index (χ4n) is 0.459. The first-order valence-electron chi connectivity index (χ1n) is 2.20. The summed E-state index contributed by atoms with van der Waals surface area (Å²) in [5.74, 6) is -1.95. The van der Waals surface area contributed by atoms with E-state index in [-0.39, 0.29) is 0 Å². The van der Waals surface area contributed by atoms with Crippen molar-refractivity contribution in [3.63, 3.8) is 0 Å². The Morgan fingerprint density at radius 2 is 2.10 bits per heavy atom. The van der Waals surface area contributed by atoms with E-state index in [4.69, 9.17) is 4.55 Å². The van der Waals surface area contributed by atoms with Gasteiger partial charge in [-0.05, 0) is 0 Å². The molecule has 1 aliphatic heterocycles. The summed E-state index contributed by atoms with van der Waals surface area (Å²) in [4.78, 5) is 20.1. The van der Waals surface area contributed by atoms with Crippen molar-refractivity contribution in [3.05, 3.63) is 11.0 Å². The molecular weight excluding hydrogens is 160 g/mol. The van der Waals surface area contributed by atoms with Crippen molar-refractivity contribution in [1.29, 1.82) is 0 Å². The third-order valence-electron chi connectivity index (χ3n) is 0.832. The second kappa shape index (κ2) is 2.31. The van der Waals surface area contributed by atoms with Gasteiger partial charge in [-0.15, -0.1) is 0 Å². The first kappa shape index (κ1) is 7.10. The van der Waals surface area contributed by atoms with E-state index in [0.29, 0.717) is 6.08 Å². The summed E-state index contributed by atoms with van der Waals surface area (Å²) in [6.07, 6.45) is 0.693. The molecule has 10 heavy (non-hydrogen) atoms. The summed E-state index contributed by atoms with van der Waals surface area (Å²) in [5.41, 5.74) is 0. The number of cyclic esters (lactones) is 2. The number of rotatable bonds is 1. The Labute approximate surface area is 58.0 Å². The van der Waals surface area contributed by atoms with Gasteiger partial charge in [0.2, 0.25) is 0 Å². The number of ether oxygens (including phenoxy) is 1. The van der Waals surface area contributed by atoms with Gasteiger partial charge in [-0.25, -0.2) is 13.8 Å². The molecule has 5 nitrogen and oxygen atoms in total. The third kappa shape index (κ3) is 1.12. The molecule has 1 unspecified atom stereocenters.